The molecular formula is C20H27N3O4S2. The van der Waals surface area contributed by atoms with Crippen LogP contribution in [0.25, 0.3) is 0 Å². The number of carbonyl (C=O) groups excluding carboxylic acids is 1. The van der Waals surface area contributed by atoms with E-state index in [9.17, 15) is 13.2 Å². The standard InChI is InChI=1S/C20H27N3O4S2/c1-22(27-2)29(25,26)19-9-3-7-17(12-19)20(24)21-13-16-6-4-10-23(14-16)15-18-8-5-11-28-18/h3,5,7-9,11-12,16H,4,6,10,13-15H2,1-2H3,(H,21,24). The lowest BCUT2D eigenvalue weighted by atomic mass is 9.98. The highest BCUT2D eigenvalue weighted by molar-refractivity contribution is 7.89. The summed E-state index contributed by atoms with van der Waals surface area (Å²) in [6.45, 7) is 3.56. The highest BCUT2D eigenvalue weighted by atomic mass is 32.2. The van der Waals surface area contributed by atoms with E-state index in [-0.39, 0.29) is 10.8 Å². The minimum Gasteiger partial charge on any atom is -0.352 e. The average Bonchev–Trinajstić information content (AvgIpc) is 3.24. The van der Waals surface area contributed by atoms with Gasteiger partial charge >= 0.3 is 0 Å². The molecule has 1 aliphatic rings. The normalized spacial score (nSPS) is 18.1. The van der Waals surface area contributed by atoms with Gasteiger partial charge in [0.05, 0.1) is 12.0 Å². The first-order chi connectivity index (χ1) is 13.9. The predicted molar refractivity (Wildman–Crippen MR) is 113 cm³/mol. The van der Waals surface area contributed by atoms with Gasteiger partial charge in [-0.25, -0.2) is 8.42 Å². The molecule has 158 valence electrons. The number of carbonyl (C=O) groups is 1. The van der Waals surface area contributed by atoms with Crippen LogP contribution < -0.4 is 5.32 Å². The van der Waals surface area contributed by atoms with E-state index in [1.807, 2.05) is 0 Å². The maximum atomic E-state index is 12.6. The van der Waals surface area contributed by atoms with Crippen LogP contribution in [0.5, 0.6) is 0 Å². The van der Waals surface area contributed by atoms with Gasteiger partial charge in [0.2, 0.25) is 0 Å². The zero-order valence-electron chi connectivity index (χ0n) is 16.7. The fourth-order valence-corrected chi connectivity index (χ4v) is 5.23. The van der Waals surface area contributed by atoms with Gasteiger partial charge in [-0.1, -0.05) is 16.6 Å². The van der Waals surface area contributed by atoms with E-state index in [0.29, 0.717) is 18.0 Å². The number of sulfonamides is 1. The van der Waals surface area contributed by atoms with E-state index < -0.39 is 10.0 Å². The molecule has 1 fully saturated rings. The zero-order valence-corrected chi connectivity index (χ0v) is 18.3. The van der Waals surface area contributed by atoms with Crippen LogP contribution in [-0.2, 0) is 21.4 Å². The molecule has 7 nitrogen and oxygen atoms in total. The number of nitrogens with zero attached hydrogens (tertiary/aromatic N) is 2. The van der Waals surface area contributed by atoms with Gasteiger partial charge in [-0.15, -0.1) is 11.3 Å². The number of likely N-dealkylation sites (tertiary alicyclic amines) is 1. The summed E-state index contributed by atoms with van der Waals surface area (Å²) in [4.78, 5) is 21.2. The fraction of sp³-hybridized carbons (Fsp3) is 0.450. The van der Waals surface area contributed by atoms with E-state index in [4.69, 9.17) is 4.84 Å². The lowest BCUT2D eigenvalue weighted by Crippen LogP contribution is -2.40. The highest BCUT2D eigenvalue weighted by Gasteiger charge is 2.23. The summed E-state index contributed by atoms with van der Waals surface area (Å²) in [6.07, 6.45) is 2.19. The van der Waals surface area contributed by atoms with Crippen molar-refractivity contribution in [3.05, 3.63) is 52.2 Å². The number of thiophene rings is 1. The molecule has 1 atom stereocenters. The zero-order chi connectivity index (χ0) is 20.9. The van der Waals surface area contributed by atoms with E-state index in [1.54, 1.807) is 23.5 Å². The largest absolute Gasteiger partial charge is 0.352 e. The van der Waals surface area contributed by atoms with Crippen LogP contribution in [0.15, 0.2) is 46.7 Å². The summed E-state index contributed by atoms with van der Waals surface area (Å²) in [6, 6.07) is 10.2. The van der Waals surface area contributed by atoms with Crippen molar-refractivity contribution in [3.63, 3.8) is 0 Å². The molecule has 0 radical (unpaired) electrons. The quantitative estimate of drug-likeness (QED) is 0.642. The number of amides is 1. The number of hydroxylamine groups is 1. The molecule has 29 heavy (non-hydrogen) atoms. The second-order valence-electron chi connectivity index (χ2n) is 7.16. The van der Waals surface area contributed by atoms with Gasteiger partial charge in [-0.2, -0.15) is 0 Å². The van der Waals surface area contributed by atoms with Gasteiger partial charge in [0.15, 0.2) is 0 Å². The smallest absolute Gasteiger partial charge is 0.264 e. The highest BCUT2D eigenvalue weighted by Crippen LogP contribution is 2.20. The predicted octanol–water partition coefficient (Wildman–Crippen LogP) is 2.57. The SMILES string of the molecule is CON(C)S(=O)(=O)c1cccc(C(=O)NCC2CCCN(Cc3cccs3)C2)c1. The molecular weight excluding hydrogens is 410 g/mol. The molecule has 1 aliphatic heterocycles. The van der Waals surface area contributed by atoms with Crippen LogP contribution in [0.1, 0.15) is 28.1 Å². The van der Waals surface area contributed by atoms with Crippen molar-refractivity contribution < 1.29 is 18.0 Å². The van der Waals surface area contributed by atoms with E-state index >= 15 is 0 Å². The average molecular weight is 438 g/mol. The van der Waals surface area contributed by atoms with Crippen molar-refractivity contribution in [2.45, 2.75) is 24.3 Å². The van der Waals surface area contributed by atoms with Crippen molar-refractivity contribution >= 4 is 27.3 Å². The monoisotopic (exact) mass is 437 g/mol. The Morgan fingerprint density at radius 1 is 1.34 bits per heavy atom. The second-order valence-corrected chi connectivity index (χ2v) is 10.1. The van der Waals surface area contributed by atoms with Gasteiger partial charge < -0.3 is 5.32 Å². The Balaban J connectivity index is 1.57. The van der Waals surface area contributed by atoms with Crippen LogP contribution in [0.3, 0.4) is 0 Å². The molecule has 1 unspecified atom stereocenters. The Labute approximate surface area is 176 Å². The van der Waals surface area contributed by atoms with Gasteiger partial charge in [-0.3, -0.25) is 14.5 Å². The topological polar surface area (TPSA) is 78.9 Å². The summed E-state index contributed by atoms with van der Waals surface area (Å²) >= 11 is 1.77. The summed E-state index contributed by atoms with van der Waals surface area (Å²) in [7, 11) is -1.20. The van der Waals surface area contributed by atoms with Crippen molar-refractivity contribution in [2.75, 3.05) is 33.8 Å². The summed E-state index contributed by atoms with van der Waals surface area (Å²) in [5.74, 6) is 0.122. The lowest BCUT2D eigenvalue weighted by Gasteiger charge is -2.32. The van der Waals surface area contributed by atoms with Crippen LogP contribution in [0.4, 0.5) is 0 Å². The summed E-state index contributed by atoms with van der Waals surface area (Å²) in [5.41, 5.74) is 0.321. The molecule has 0 spiro atoms. The second kappa shape index (κ2) is 9.82. The van der Waals surface area contributed by atoms with Crippen molar-refractivity contribution in [1.82, 2.24) is 14.7 Å². The van der Waals surface area contributed by atoms with Crippen LogP contribution in [0.2, 0.25) is 0 Å². The van der Waals surface area contributed by atoms with E-state index in [1.165, 1.54) is 31.2 Å². The van der Waals surface area contributed by atoms with Gasteiger partial charge in [0.25, 0.3) is 15.9 Å². The first-order valence-corrected chi connectivity index (χ1v) is 11.9. The number of nitrogens with one attached hydrogen (secondary N) is 1. The fourth-order valence-electron chi connectivity index (χ4n) is 3.47. The number of hydrogen-bond donors (Lipinski definition) is 1. The van der Waals surface area contributed by atoms with Crippen LogP contribution >= 0.6 is 11.3 Å². The van der Waals surface area contributed by atoms with Gasteiger partial charge in [0.1, 0.15) is 0 Å². The molecule has 0 aliphatic carbocycles. The Bertz CT molecular complexity index is 916. The summed E-state index contributed by atoms with van der Waals surface area (Å²) in [5, 5.41) is 5.06. The Morgan fingerprint density at radius 3 is 2.90 bits per heavy atom. The number of benzene rings is 1. The van der Waals surface area contributed by atoms with Crippen LogP contribution in [-0.4, -0.2) is 57.5 Å². The molecule has 1 amide bonds. The lowest BCUT2D eigenvalue weighted by molar-refractivity contribution is -0.0258. The molecule has 1 saturated heterocycles. The number of hydrogen-bond acceptors (Lipinski definition) is 6. The Morgan fingerprint density at radius 2 is 2.17 bits per heavy atom. The Kier molecular flexibility index (Phi) is 7.42. The number of rotatable bonds is 8. The Hall–Kier alpha value is -1.78. The third kappa shape index (κ3) is 5.64. The maximum Gasteiger partial charge on any atom is 0.264 e. The molecule has 1 N–H and O–H groups in total. The molecule has 2 aromatic rings. The van der Waals surface area contributed by atoms with E-state index in [2.05, 4.69) is 27.7 Å². The van der Waals surface area contributed by atoms with Gasteiger partial charge in [0, 0.05) is 37.1 Å². The molecule has 2 heterocycles. The molecule has 1 aromatic heterocycles. The van der Waals surface area contributed by atoms with Crippen molar-refractivity contribution in [2.24, 2.45) is 5.92 Å². The molecule has 1 aromatic carbocycles. The van der Waals surface area contributed by atoms with Crippen LogP contribution in [0, 0.1) is 5.92 Å². The molecule has 9 heteroatoms. The molecule has 3 rings (SSSR count). The first kappa shape index (κ1) is 21.9. The third-order valence-corrected chi connectivity index (χ3v) is 7.64. The number of piperidine rings is 1. The molecule has 0 saturated carbocycles. The third-order valence-electron chi connectivity index (χ3n) is 5.10. The molecule has 0 bridgehead atoms. The van der Waals surface area contributed by atoms with Gasteiger partial charge in [-0.05, 0) is 54.9 Å². The van der Waals surface area contributed by atoms with Crippen molar-refractivity contribution in [1.29, 1.82) is 0 Å². The van der Waals surface area contributed by atoms with Crippen molar-refractivity contribution in [3.8, 4) is 0 Å². The minimum absolute atomic E-state index is 0.0225. The first-order valence-electron chi connectivity index (χ1n) is 9.56. The maximum absolute atomic E-state index is 12.6. The summed E-state index contributed by atoms with van der Waals surface area (Å²) < 4.78 is 25.5. The van der Waals surface area contributed by atoms with E-state index in [0.717, 1.165) is 36.9 Å². The minimum atomic E-state index is -3.79.